The van der Waals surface area contributed by atoms with Crippen molar-refractivity contribution in [1.29, 1.82) is 0 Å². The molecule has 7 nitrogen and oxygen atoms in total. The molecule has 0 spiro atoms. The van der Waals surface area contributed by atoms with Gasteiger partial charge >= 0.3 is 0 Å². The first-order valence-electron chi connectivity index (χ1n) is 6.83. The van der Waals surface area contributed by atoms with Crippen molar-refractivity contribution < 1.29 is 22.4 Å². The third kappa shape index (κ3) is 3.77. The van der Waals surface area contributed by atoms with Crippen LogP contribution in [0.15, 0.2) is 39.2 Å². The summed E-state index contributed by atoms with van der Waals surface area (Å²) < 4.78 is 28.1. The van der Waals surface area contributed by atoms with Crippen LogP contribution in [-0.2, 0) is 19.4 Å². The van der Waals surface area contributed by atoms with E-state index < -0.39 is 21.8 Å². The number of thiocarbonyl (C=S) groups is 1. The van der Waals surface area contributed by atoms with Gasteiger partial charge in [0, 0.05) is 11.5 Å². The normalized spacial score (nSPS) is 24.1. The molecule has 1 unspecified atom stereocenters. The van der Waals surface area contributed by atoms with E-state index in [2.05, 4.69) is 5.32 Å². The minimum absolute atomic E-state index is 0.171. The van der Waals surface area contributed by atoms with E-state index in [1.165, 1.54) is 17.2 Å². The number of thioether (sulfide) groups is 1. The molecule has 1 aromatic rings. The fourth-order valence-corrected chi connectivity index (χ4v) is 4.67. The monoisotopic (exact) mass is 384 g/mol. The molecule has 1 N–H and O–H groups in total. The SMILES string of the molecule is O=C(CN1C(=O)/C(=C/c2ccco2)SC1=S)NC1C=CS(=O)(=O)C1. The van der Waals surface area contributed by atoms with E-state index in [-0.39, 0.29) is 22.5 Å². The van der Waals surface area contributed by atoms with Crippen molar-refractivity contribution in [1.82, 2.24) is 10.2 Å². The van der Waals surface area contributed by atoms with Crippen LogP contribution in [0.25, 0.3) is 6.08 Å². The molecule has 10 heteroatoms. The lowest BCUT2D eigenvalue weighted by Gasteiger charge is -2.16. The van der Waals surface area contributed by atoms with Gasteiger partial charge in [-0.25, -0.2) is 8.42 Å². The van der Waals surface area contributed by atoms with Gasteiger partial charge in [0.1, 0.15) is 16.6 Å². The maximum atomic E-state index is 12.3. The van der Waals surface area contributed by atoms with E-state index in [9.17, 15) is 18.0 Å². The number of hydrogen-bond donors (Lipinski definition) is 1. The van der Waals surface area contributed by atoms with Crippen molar-refractivity contribution in [2.24, 2.45) is 0 Å². The van der Waals surface area contributed by atoms with Crippen molar-refractivity contribution in [2.75, 3.05) is 12.3 Å². The number of nitrogens with one attached hydrogen (secondary N) is 1. The Kier molecular flexibility index (Phi) is 4.61. The summed E-state index contributed by atoms with van der Waals surface area (Å²) in [5, 5.41) is 3.63. The number of nitrogens with zero attached hydrogens (tertiary/aromatic N) is 1. The summed E-state index contributed by atoms with van der Waals surface area (Å²) in [5.41, 5.74) is 0. The first-order chi connectivity index (χ1) is 11.3. The maximum Gasteiger partial charge on any atom is 0.266 e. The van der Waals surface area contributed by atoms with E-state index in [1.807, 2.05) is 0 Å². The molecule has 1 saturated heterocycles. The molecular weight excluding hydrogens is 372 g/mol. The van der Waals surface area contributed by atoms with Crippen LogP contribution in [0.3, 0.4) is 0 Å². The largest absolute Gasteiger partial charge is 0.465 e. The van der Waals surface area contributed by atoms with Gasteiger partial charge in [0.05, 0.1) is 23.0 Å². The Labute approximate surface area is 147 Å². The first kappa shape index (κ1) is 16.9. The molecule has 1 aromatic heterocycles. The molecular formula is C14H12N2O5S3. The highest BCUT2D eigenvalue weighted by atomic mass is 32.2. The van der Waals surface area contributed by atoms with E-state index in [4.69, 9.17) is 16.6 Å². The summed E-state index contributed by atoms with van der Waals surface area (Å²) in [6, 6.07) is 2.81. The molecule has 2 aliphatic heterocycles. The zero-order valence-corrected chi connectivity index (χ0v) is 14.6. The van der Waals surface area contributed by atoms with Crippen LogP contribution in [0.2, 0.25) is 0 Å². The topological polar surface area (TPSA) is 96.7 Å². The standard InChI is InChI=1S/C14H12N2O5S3/c17-12(15-9-3-5-24(19,20)8-9)7-16-13(18)11(23-14(16)22)6-10-2-1-4-21-10/h1-6,9H,7-8H2,(H,15,17)/b11-6-. The summed E-state index contributed by atoms with van der Waals surface area (Å²) in [6.45, 7) is -0.259. The van der Waals surface area contributed by atoms with E-state index in [0.717, 1.165) is 17.2 Å². The number of carbonyl (C=O) groups excluding carboxylic acids is 2. The summed E-state index contributed by atoms with van der Waals surface area (Å²) in [4.78, 5) is 25.9. The third-order valence-electron chi connectivity index (χ3n) is 3.27. The quantitative estimate of drug-likeness (QED) is 0.609. The van der Waals surface area contributed by atoms with E-state index >= 15 is 0 Å². The molecule has 2 amide bonds. The second-order valence-electron chi connectivity index (χ2n) is 5.12. The summed E-state index contributed by atoms with van der Waals surface area (Å²) in [5.74, 6) is -0.514. The van der Waals surface area contributed by atoms with Gasteiger partial charge in [-0.3, -0.25) is 14.5 Å². The Morgan fingerprint density at radius 3 is 2.96 bits per heavy atom. The molecule has 3 rings (SSSR count). The Hall–Kier alpha value is -1.91. The predicted molar refractivity (Wildman–Crippen MR) is 93.4 cm³/mol. The Bertz CT molecular complexity index is 855. The average Bonchev–Trinajstić information content (AvgIpc) is 3.17. The molecule has 3 heterocycles. The highest BCUT2D eigenvalue weighted by Crippen LogP contribution is 2.32. The molecule has 0 aliphatic carbocycles. The van der Waals surface area contributed by atoms with Gasteiger partial charge in [0.25, 0.3) is 5.91 Å². The van der Waals surface area contributed by atoms with Crippen LogP contribution < -0.4 is 5.32 Å². The number of furan rings is 1. The number of hydrogen-bond acceptors (Lipinski definition) is 7. The van der Waals surface area contributed by atoms with Crippen LogP contribution in [0.4, 0.5) is 0 Å². The molecule has 2 aliphatic rings. The second-order valence-corrected chi connectivity index (χ2v) is 8.72. The lowest BCUT2D eigenvalue weighted by molar-refractivity contribution is -0.128. The molecule has 126 valence electrons. The predicted octanol–water partition coefficient (Wildman–Crippen LogP) is 0.908. The molecule has 1 fully saturated rings. The number of amides is 2. The minimum Gasteiger partial charge on any atom is -0.465 e. The van der Waals surface area contributed by atoms with Crippen LogP contribution in [0.5, 0.6) is 0 Å². The van der Waals surface area contributed by atoms with Crippen LogP contribution in [-0.4, -0.2) is 47.8 Å². The zero-order chi connectivity index (χ0) is 17.3. The third-order valence-corrected chi connectivity index (χ3v) is 6.04. The number of carbonyl (C=O) groups is 2. The van der Waals surface area contributed by atoms with Crippen LogP contribution in [0.1, 0.15) is 5.76 Å². The van der Waals surface area contributed by atoms with Gasteiger partial charge in [-0.15, -0.1) is 0 Å². The summed E-state index contributed by atoms with van der Waals surface area (Å²) >= 11 is 6.22. The number of sulfone groups is 1. The van der Waals surface area contributed by atoms with Gasteiger partial charge < -0.3 is 9.73 Å². The highest BCUT2D eigenvalue weighted by molar-refractivity contribution is 8.26. The van der Waals surface area contributed by atoms with E-state index in [0.29, 0.717) is 10.7 Å². The van der Waals surface area contributed by atoms with E-state index in [1.54, 1.807) is 18.2 Å². The molecule has 0 radical (unpaired) electrons. The van der Waals surface area contributed by atoms with Gasteiger partial charge in [-0.1, -0.05) is 24.0 Å². The zero-order valence-electron chi connectivity index (χ0n) is 12.2. The smallest absolute Gasteiger partial charge is 0.266 e. The average molecular weight is 384 g/mol. The molecule has 24 heavy (non-hydrogen) atoms. The van der Waals surface area contributed by atoms with Crippen molar-refractivity contribution in [3.05, 3.63) is 40.5 Å². The Morgan fingerprint density at radius 2 is 2.33 bits per heavy atom. The summed E-state index contributed by atoms with van der Waals surface area (Å²) in [7, 11) is -3.25. The van der Waals surface area contributed by atoms with Gasteiger partial charge in [-0.05, 0) is 18.2 Å². The van der Waals surface area contributed by atoms with Gasteiger partial charge in [0.15, 0.2) is 9.84 Å². The Morgan fingerprint density at radius 1 is 1.54 bits per heavy atom. The van der Waals surface area contributed by atoms with Crippen LogP contribution in [0, 0.1) is 0 Å². The minimum atomic E-state index is -3.25. The van der Waals surface area contributed by atoms with Gasteiger partial charge in [0.2, 0.25) is 5.91 Å². The lowest BCUT2D eigenvalue weighted by atomic mass is 10.3. The number of rotatable bonds is 4. The van der Waals surface area contributed by atoms with Crippen molar-refractivity contribution in [3.8, 4) is 0 Å². The molecule has 0 bridgehead atoms. The maximum absolute atomic E-state index is 12.3. The summed E-state index contributed by atoms with van der Waals surface area (Å²) in [6.07, 6.45) is 4.46. The van der Waals surface area contributed by atoms with Crippen molar-refractivity contribution in [2.45, 2.75) is 6.04 Å². The Balaban J connectivity index is 1.63. The molecule has 1 atom stereocenters. The fourth-order valence-electron chi connectivity index (χ4n) is 2.20. The van der Waals surface area contributed by atoms with Crippen molar-refractivity contribution >= 4 is 56.0 Å². The first-order valence-corrected chi connectivity index (χ1v) is 9.77. The molecule has 0 aromatic carbocycles. The second kappa shape index (κ2) is 6.54. The van der Waals surface area contributed by atoms with Crippen molar-refractivity contribution in [3.63, 3.8) is 0 Å². The highest BCUT2D eigenvalue weighted by Gasteiger charge is 2.34. The van der Waals surface area contributed by atoms with Crippen LogP contribution >= 0.6 is 24.0 Å². The molecule has 0 saturated carbocycles. The van der Waals surface area contributed by atoms with Gasteiger partial charge in [-0.2, -0.15) is 0 Å². The fraction of sp³-hybridized carbons (Fsp3) is 0.214. The lowest BCUT2D eigenvalue weighted by Crippen LogP contribution is -2.43.